The summed E-state index contributed by atoms with van der Waals surface area (Å²) in [5.41, 5.74) is 2.73. The first-order valence-corrected chi connectivity index (χ1v) is 10.2. The van der Waals surface area contributed by atoms with E-state index in [0.29, 0.717) is 23.8 Å². The minimum atomic E-state index is -0.944. The van der Waals surface area contributed by atoms with Gasteiger partial charge in [-0.05, 0) is 63.1 Å². The number of fused-ring (bicyclic) bond motifs is 1. The Balaban J connectivity index is 1.47. The zero-order chi connectivity index (χ0) is 21.1. The average Bonchev–Trinajstić information content (AvgIpc) is 3.60. The molecule has 1 amide bonds. The lowest BCUT2D eigenvalue weighted by atomic mass is 10.1. The molecule has 0 spiro atoms. The fourth-order valence-corrected chi connectivity index (χ4v) is 3.28. The van der Waals surface area contributed by atoms with Crippen LogP contribution in [0.25, 0.3) is 10.9 Å². The molecule has 0 aliphatic heterocycles. The third-order valence-electron chi connectivity index (χ3n) is 5.04. The first-order chi connectivity index (χ1) is 14.5. The van der Waals surface area contributed by atoms with Crippen molar-refractivity contribution in [1.82, 2.24) is 4.98 Å². The number of anilines is 1. The van der Waals surface area contributed by atoms with Crippen LogP contribution in [0.5, 0.6) is 5.75 Å². The van der Waals surface area contributed by atoms with Crippen molar-refractivity contribution in [2.24, 2.45) is 0 Å². The van der Waals surface area contributed by atoms with Gasteiger partial charge in [-0.3, -0.25) is 9.78 Å². The molecule has 30 heavy (non-hydrogen) atoms. The number of hydrogen-bond donors (Lipinski definition) is 1. The maximum absolute atomic E-state index is 12.9. The number of amides is 1. The van der Waals surface area contributed by atoms with Gasteiger partial charge in [0.25, 0.3) is 5.91 Å². The van der Waals surface area contributed by atoms with Crippen LogP contribution in [0.2, 0.25) is 0 Å². The van der Waals surface area contributed by atoms with Crippen molar-refractivity contribution >= 4 is 28.5 Å². The van der Waals surface area contributed by atoms with Crippen molar-refractivity contribution in [2.75, 3.05) is 11.9 Å². The molecule has 1 N–H and O–H groups in total. The lowest BCUT2D eigenvalue weighted by Gasteiger charge is -2.15. The van der Waals surface area contributed by atoms with Gasteiger partial charge in [-0.1, -0.05) is 18.2 Å². The predicted molar refractivity (Wildman–Crippen MR) is 115 cm³/mol. The number of hydrogen-bond acceptors (Lipinski definition) is 5. The molecule has 1 saturated carbocycles. The Hall–Kier alpha value is -3.41. The highest BCUT2D eigenvalue weighted by molar-refractivity contribution is 6.05. The van der Waals surface area contributed by atoms with Crippen molar-refractivity contribution in [3.8, 4) is 5.75 Å². The highest BCUT2D eigenvalue weighted by Crippen LogP contribution is 2.40. The summed E-state index contributed by atoms with van der Waals surface area (Å²) in [6.45, 7) is 4.04. The van der Waals surface area contributed by atoms with Crippen molar-refractivity contribution in [1.29, 1.82) is 0 Å². The zero-order valence-corrected chi connectivity index (χ0v) is 17.1. The van der Waals surface area contributed by atoms with E-state index in [2.05, 4.69) is 10.3 Å². The fraction of sp³-hybridized carbons (Fsp3) is 0.292. The van der Waals surface area contributed by atoms with Crippen molar-refractivity contribution in [3.05, 3.63) is 65.9 Å². The molecule has 1 atom stereocenters. The fourth-order valence-electron chi connectivity index (χ4n) is 3.28. The van der Waals surface area contributed by atoms with Gasteiger partial charge in [-0.2, -0.15) is 0 Å². The van der Waals surface area contributed by atoms with E-state index in [1.54, 1.807) is 37.3 Å². The van der Waals surface area contributed by atoms with Crippen LogP contribution in [0.15, 0.2) is 54.6 Å². The van der Waals surface area contributed by atoms with E-state index in [0.717, 1.165) is 35.2 Å². The second-order valence-electron chi connectivity index (χ2n) is 7.38. The Labute approximate surface area is 175 Å². The summed E-state index contributed by atoms with van der Waals surface area (Å²) in [5, 5.41) is 3.49. The first-order valence-electron chi connectivity index (χ1n) is 10.2. The highest BCUT2D eigenvalue weighted by Gasteiger charge is 2.28. The lowest BCUT2D eigenvalue weighted by Crippen LogP contribution is -2.30. The predicted octanol–water partition coefficient (Wildman–Crippen LogP) is 4.69. The van der Waals surface area contributed by atoms with Gasteiger partial charge in [0, 0.05) is 22.7 Å². The highest BCUT2D eigenvalue weighted by atomic mass is 16.5. The van der Waals surface area contributed by atoms with Crippen LogP contribution in [-0.4, -0.2) is 29.6 Å². The number of pyridine rings is 1. The summed E-state index contributed by atoms with van der Waals surface area (Å²) in [6.07, 6.45) is 1.22. The van der Waals surface area contributed by atoms with E-state index in [1.807, 2.05) is 31.2 Å². The Kier molecular flexibility index (Phi) is 5.65. The van der Waals surface area contributed by atoms with Crippen molar-refractivity contribution < 1.29 is 19.1 Å². The molecule has 4 rings (SSSR count). The number of aromatic nitrogens is 1. The Bertz CT molecular complexity index is 1070. The molecule has 0 radical (unpaired) electrons. The number of benzene rings is 2. The summed E-state index contributed by atoms with van der Waals surface area (Å²) in [5.74, 6) is 0.214. The number of nitrogens with one attached hydrogen (secondary N) is 1. The number of para-hydroxylation sites is 1. The molecule has 1 aliphatic rings. The van der Waals surface area contributed by atoms with Crippen LogP contribution >= 0.6 is 0 Å². The number of carbonyl (C=O) groups is 2. The molecule has 1 heterocycles. The van der Waals surface area contributed by atoms with Crippen LogP contribution < -0.4 is 10.1 Å². The van der Waals surface area contributed by atoms with E-state index in [1.165, 1.54) is 0 Å². The maximum atomic E-state index is 12.9. The van der Waals surface area contributed by atoms with Gasteiger partial charge in [0.15, 0.2) is 6.10 Å². The molecule has 2 aromatic carbocycles. The molecule has 0 unspecified atom stereocenters. The molecule has 1 fully saturated rings. The summed E-state index contributed by atoms with van der Waals surface area (Å²) in [4.78, 5) is 30.1. The SMILES string of the molecule is CCOc1ccc(NC(=O)[C@@H](C)OC(=O)c2cc(C3CC3)nc3ccccc23)cc1. The molecule has 154 valence electrons. The van der Waals surface area contributed by atoms with Crippen LogP contribution in [0.3, 0.4) is 0 Å². The van der Waals surface area contributed by atoms with Crippen molar-refractivity contribution in [3.63, 3.8) is 0 Å². The van der Waals surface area contributed by atoms with Crippen LogP contribution in [0.1, 0.15) is 48.7 Å². The number of esters is 1. The summed E-state index contributed by atoms with van der Waals surface area (Å²) < 4.78 is 10.9. The maximum Gasteiger partial charge on any atom is 0.339 e. The monoisotopic (exact) mass is 404 g/mol. The van der Waals surface area contributed by atoms with Gasteiger partial charge >= 0.3 is 5.97 Å². The Morgan fingerprint density at radius 3 is 2.57 bits per heavy atom. The van der Waals surface area contributed by atoms with Crippen LogP contribution in [0.4, 0.5) is 5.69 Å². The molecule has 1 aromatic heterocycles. The van der Waals surface area contributed by atoms with Gasteiger partial charge in [0.05, 0.1) is 17.7 Å². The zero-order valence-electron chi connectivity index (χ0n) is 17.1. The smallest absolute Gasteiger partial charge is 0.339 e. The van der Waals surface area contributed by atoms with E-state index in [4.69, 9.17) is 9.47 Å². The summed E-state index contributed by atoms with van der Waals surface area (Å²) >= 11 is 0. The largest absolute Gasteiger partial charge is 0.494 e. The minimum absolute atomic E-state index is 0.395. The first kappa shape index (κ1) is 19.9. The summed E-state index contributed by atoms with van der Waals surface area (Å²) in [7, 11) is 0. The molecule has 0 saturated heterocycles. The van der Waals surface area contributed by atoms with Crippen molar-refractivity contribution in [2.45, 2.75) is 38.7 Å². The minimum Gasteiger partial charge on any atom is -0.494 e. The number of nitrogens with zero attached hydrogens (tertiary/aromatic N) is 1. The summed E-state index contributed by atoms with van der Waals surface area (Å²) in [6, 6.07) is 16.3. The molecule has 1 aliphatic carbocycles. The second kappa shape index (κ2) is 8.53. The third kappa shape index (κ3) is 4.43. The van der Waals surface area contributed by atoms with Gasteiger partial charge in [0.1, 0.15) is 5.75 Å². The normalized spacial score (nSPS) is 14.2. The third-order valence-corrected chi connectivity index (χ3v) is 5.04. The van der Waals surface area contributed by atoms with E-state index in [9.17, 15) is 9.59 Å². The second-order valence-corrected chi connectivity index (χ2v) is 7.38. The molecule has 6 nitrogen and oxygen atoms in total. The van der Waals surface area contributed by atoms with Crippen LogP contribution in [-0.2, 0) is 9.53 Å². The van der Waals surface area contributed by atoms with E-state index >= 15 is 0 Å². The molecule has 3 aromatic rings. The number of ether oxygens (including phenoxy) is 2. The molecular formula is C24H24N2O4. The Morgan fingerprint density at radius 1 is 1.13 bits per heavy atom. The van der Waals surface area contributed by atoms with E-state index in [-0.39, 0.29) is 0 Å². The van der Waals surface area contributed by atoms with Gasteiger partial charge in [-0.25, -0.2) is 4.79 Å². The molecule has 6 heteroatoms. The lowest BCUT2D eigenvalue weighted by molar-refractivity contribution is -0.123. The van der Waals surface area contributed by atoms with E-state index < -0.39 is 18.0 Å². The van der Waals surface area contributed by atoms with Crippen LogP contribution in [0, 0.1) is 0 Å². The standard InChI is InChI=1S/C24H24N2O4/c1-3-29-18-12-10-17(11-13-18)25-23(27)15(2)30-24(28)20-14-22(16-8-9-16)26-21-7-5-4-6-19(20)21/h4-7,10-16H,3,8-9H2,1-2H3,(H,25,27)/t15-/m1/s1. The van der Waals surface area contributed by atoms with Gasteiger partial charge in [-0.15, -0.1) is 0 Å². The Morgan fingerprint density at radius 2 is 1.87 bits per heavy atom. The quantitative estimate of drug-likeness (QED) is 0.578. The molecule has 0 bridgehead atoms. The number of carbonyl (C=O) groups excluding carboxylic acids is 2. The average molecular weight is 404 g/mol. The number of rotatable bonds is 7. The molecular weight excluding hydrogens is 380 g/mol. The van der Waals surface area contributed by atoms with Gasteiger partial charge in [0.2, 0.25) is 0 Å². The van der Waals surface area contributed by atoms with Gasteiger partial charge < -0.3 is 14.8 Å². The topological polar surface area (TPSA) is 77.5 Å².